The lowest BCUT2D eigenvalue weighted by Gasteiger charge is -2.31. The Bertz CT molecular complexity index is 569. The smallest absolute Gasteiger partial charge is 0.287 e. The van der Waals surface area contributed by atoms with Crippen molar-refractivity contribution >= 4 is 31.9 Å². The summed E-state index contributed by atoms with van der Waals surface area (Å²) in [5, 5.41) is 2.79. The van der Waals surface area contributed by atoms with Crippen molar-refractivity contribution in [1.29, 1.82) is 0 Å². The number of carbonyl (C=O) groups excluding carboxylic acids is 1. The Morgan fingerprint density at radius 1 is 1.53 bits per heavy atom. The lowest BCUT2D eigenvalue weighted by Crippen LogP contribution is -2.49. The van der Waals surface area contributed by atoms with Gasteiger partial charge < -0.3 is 9.73 Å². The van der Waals surface area contributed by atoms with Crippen LogP contribution in [0.3, 0.4) is 0 Å². The van der Waals surface area contributed by atoms with Crippen LogP contribution in [0.2, 0.25) is 0 Å². The standard InChI is InChI=1S/C11H15BrN2O4S/c1-19(16,17)14-6-2-3-8(7-14)13-11(15)9-4-5-10(12)18-9/h4-5,8H,2-3,6-7H2,1H3,(H,13,15). The minimum atomic E-state index is -3.20. The van der Waals surface area contributed by atoms with Crippen molar-refractivity contribution in [3.8, 4) is 0 Å². The molecule has 0 radical (unpaired) electrons. The molecule has 1 atom stereocenters. The molecule has 0 saturated carbocycles. The van der Waals surface area contributed by atoms with Crippen LogP contribution < -0.4 is 5.32 Å². The van der Waals surface area contributed by atoms with Gasteiger partial charge in [-0.2, -0.15) is 0 Å². The minimum absolute atomic E-state index is 0.181. The van der Waals surface area contributed by atoms with Crippen molar-refractivity contribution in [3.63, 3.8) is 0 Å². The molecule has 1 aliphatic rings. The van der Waals surface area contributed by atoms with Crippen molar-refractivity contribution in [2.45, 2.75) is 18.9 Å². The van der Waals surface area contributed by atoms with E-state index in [1.165, 1.54) is 10.6 Å². The minimum Gasteiger partial charge on any atom is -0.444 e. The van der Waals surface area contributed by atoms with Gasteiger partial charge in [0.25, 0.3) is 5.91 Å². The molecule has 1 aromatic heterocycles. The first-order chi connectivity index (χ1) is 8.86. The summed E-state index contributed by atoms with van der Waals surface area (Å²) in [6.45, 7) is 0.823. The van der Waals surface area contributed by atoms with E-state index in [1.54, 1.807) is 12.1 Å². The Hall–Kier alpha value is -0.860. The fourth-order valence-electron chi connectivity index (χ4n) is 2.05. The molecule has 106 valence electrons. The number of piperidine rings is 1. The van der Waals surface area contributed by atoms with Crippen LogP contribution in [0.25, 0.3) is 0 Å². The third kappa shape index (κ3) is 3.80. The summed E-state index contributed by atoms with van der Waals surface area (Å²) in [7, 11) is -3.20. The van der Waals surface area contributed by atoms with E-state index >= 15 is 0 Å². The maximum Gasteiger partial charge on any atom is 0.287 e. The van der Waals surface area contributed by atoms with E-state index in [1.807, 2.05) is 0 Å². The van der Waals surface area contributed by atoms with E-state index in [-0.39, 0.29) is 17.7 Å². The van der Waals surface area contributed by atoms with Gasteiger partial charge in [0.05, 0.1) is 6.26 Å². The van der Waals surface area contributed by atoms with Gasteiger partial charge >= 0.3 is 0 Å². The van der Waals surface area contributed by atoms with Gasteiger partial charge in [-0.1, -0.05) is 0 Å². The summed E-state index contributed by atoms with van der Waals surface area (Å²) in [6.07, 6.45) is 2.68. The first-order valence-electron chi connectivity index (χ1n) is 5.87. The molecule has 1 fully saturated rings. The van der Waals surface area contributed by atoms with Gasteiger partial charge in [0.1, 0.15) is 0 Å². The monoisotopic (exact) mass is 350 g/mol. The zero-order valence-electron chi connectivity index (χ0n) is 10.4. The number of nitrogens with zero attached hydrogens (tertiary/aromatic N) is 1. The molecule has 1 amide bonds. The second-order valence-electron chi connectivity index (χ2n) is 4.54. The number of hydrogen-bond donors (Lipinski definition) is 1. The largest absolute Gasteiger partial charge is 0.444 e. The summed E-state index contributed by atoms with van der Waals surface area (Å²) in [5.41, 5.74) is 0. The summed E-state index contributed by atoms with van der Waals surface area (Å²) < 4.78 is 30.0. The Kier molecular flexibility index (Phi) is 4.32. The van der Waals surface area contributed by atoms with E-state index in [9.17, 15) is 13.2 Å². The molecule has 0 aliphatic carbocycles. The first kappa shape index (κ1) is 14.5. The molecule has 1 N–H and O–H groups in total. The molecular weight excluding hydrogens is 336 g/mol. The fraction of sp³-hybridized carbons (Fsp3) is 0.545. The number of furan rings is 1. The Morgan fingerprint density at radius 2 is 2.26 bits per heavy atom. The van der Waals surface area contributed by atoms with Crippen LogP contribution >= 0.6 is 15.9 Å². The highest BCUT2D eigenvalue weighted by Gasteiger charge is 2.27. The number of carbonyl (C=O) groups is 1. The number of rotatable bonds is 3. The second-order valence-corrected chi connectivity index (χ2v) is 7.30. The maximum absolute atomic E-state index is 11.9. The lowest BCUT2D eigenvalue weighted by molar-refractivity contribution is 0.0892. The third-order valence-corrected chi connectivity index (χ3v) is 4.68. The zero-order chi connectivity index (χ0) is 14.0. The highest BCUT2D eigenvalue weighted by atomic mass is 79.9. The van der Waals surface area contributed by atoms with Crippen LogP contribution in [0.1, 0.15) is 23.4 Å². The van der Waals surface area contributed by atoms with Crippen molar-refractivity contribution in [2.24, 2.45) is 0 Å². The topological polar surface area (TPSA) is 79.6 Å². The first-order valence-corrected chi connectivity index (χ1v) is 8.52. The Labute approximate surface area is 120 Å². The lowest BCUT2D eigenvalue weighted by atomic mass is 10.1. The maximum atomic E-state index is 11.9. The van der Waals surface area contributed by atoms with Crippen molar-refractivity contribution in [1.82, 2.24) is 9.62 Å². The van der Waals surface area contributed by atoms with E-state index in [2.05, 4.69) is 21.2 Å². The molecule has 8 heteroatoms. The number of amides is 1. The van der Waals surface area contributed by atoms with Gasteiger partial charge in [0.2, 0.25) is 10.0 Å². The van der Waals surface area contributed by atoms with Crippen LogP contribution in [-0.2, 0) is 10.0 Å². The van der Waals surface area contributed by atoms with Gasteiger partial charge in [-0.15, -0.1) is 0 Å². The third-order valence-electron chi connectivity index (χ3n) is 2.99. The Balaban J connectivity index is 1.98. The number of halogens is 1. The van der Waals surface area contributed by atoms with Crippen molar-refractivity contribution in [2.75, 3.05) is 19.3 Å². The number of sulfonamides is 1. The number of hydrogen-bond acceptors (Lipinski definition) is 4. The van der Waals surface area contributed by atoms with Gasteiger partial charge in [-0.05, 0) is 40.9 Å². The van der Waals surface area contributed by atoms with Crippen LogP contribution in [0.4, 0.5) is 0 Å². The van der Waals surface area contributed by atoms with Crippen LogP contribution in [0, 0.1) is 0 Å². The summed E-state index contributed by atoms with van der Waals surface area (Å²) in [6, 6.07) is 3.02. The SMILES string of the molecule is CS(=O)(=O)N1CCCC(NC(=O)c2ccc(Br)o2)C1. The second kappa shape index (κ2) is 5.64. The molecule has 1 saturated heterocycles. The highest BCUT2D eigenvalue weighted by molar-refractivity contribution is 9.10. The molecule has 19 heavy (non-hydrogen) atoms. The highest BCUT2D eigenvalue weighted by Crippen LogP contribution is 2.16. The molecule has 2 heterocycles. The van der Waals surface area contributed by atoms with Gasteiger partial charge in [0.15, 0.2) is 10.4 Å². The van der Waals surface area contributed by atoms with E-state index in [4.69, 9.17) is 4.42 Å². The summed E-state index contributed by atoms with van der Waals surface area (Å²) in [5.74, 6) is -0.116. The molecule has 6 nitrogen and oxygen atoms in total. The summed E-state index contributed by atoms with van der Waals surface area (Å²) >= 11 is 3.13. The predicted molar refractivity (Wildman–Crippen MR) is 73.3 cm³/mol. The van der Waals surface area contributed by atoms with E-state index < -0.39 is 10.0 Å². The normalized spacial score (nSPS) is 21.3. The average molecular weight is 351 g/mol. The van der Waals surface area contributed by atoms with Crippen molar-refractivity contribution < 1.29 is 17.6 Å². The fourth-order valence-corrected chi connectivity index (χ4v) is 3.27. The quantitative estimate of drug-likeness (QED) is 0.887. The van der Waals surface area contributed by atoms with Crippen LogP contribution in [0.15, 0.2) is 21.2 Å². The zero-order valence-corrected chi connectivity index (χ0v) is 12.8. The van der Waals surface area contributed by atoms with Gasteiger partial charge in [0, 0.05) is 19.1 Å². The molecule has 2 rings (SSSR count). The molecule has 0 spiro atoms. The molecule has 1 aromatic rings. The van der Waals surface area contributed by atoms with Gasteiger partial charge in [-0.3, -0.25) is 4.79 Å². The number of nitrogens with one attached hydrogen (secondary N) is 1. The van der Waals surface area contributed by atoms with E-state index in [0.717, 1.165) is 12.8 Å². The molecule has 0 bridgehead atoms. The molecule has 1 aliphatic heterocycles. The molecule has 0 aromatic carbocycles. The molecule has 1 unspecified atom stereocenters. The van der Waals surface area contributed by atoms with Crippen LogP contribution in [-0.4, -0.2) is 44.0 Å². The average Bonchev–Trinajstić information content (AvgIpc) is 2.75. The Morgan fingerprint density at radius 3 is 2.84 bits per heavy atom. The predicted octanol–water partition coefficient (Wildman–Crippen LogP) is 1.20. The summed E-state index contributed by atoms with van der Waals surface area (Å²) in [4.78, 5) is 11.9. The molecular formula is C11H15BrN2O4S. The van der Waals surface area contributed by atoms with Crippen molar-refractivity contribution in [3.05, 3.63) is 22.6 Å². The van der Waals surface area contributed by atoms with Crippen LogP contribution in [0.5, 0.6) is 0 Å². The van der Waals surface area contributed by atoms with E-state index in [0.29, 0.717) is 17.8 Å². The van der Waals surface area contributed by atoms with Gasteiger partial charge in [-0.25, -0.2) is 12.7 Å².